The molecule has 0 aliphatic carbocycles. The Morgan fingerprint density at radius 1 is 1.23 bits per heavy atom. The Hall–Kier alpha value is -1.40. The van der Waals surface area contributed by atoms with Crippen LogP contribution in [0.25, 0.3) is 0 Å². The molecule has 0 spiro atoms. The van der Waals surface area contributed by atoms with Gasteiger partial charge in [-0.05, 0) is 63.0 Å². The number of nitrogens with zero attached hydrogens (tertiary/aromatic N) is 1. The fourth-order valence-electron chi connectivity index (χ4n) is 2.80. The maximum Gasteiger partial charge on any atom is 0.253 e. The number of sulfone groups is 1. The van der Waals surface area contributed by atoms with Gasteiger partial charge in [-0.2, -0.15) is 0 Å². The highest BCUT2D eigenvalue weighted by molar-refractivity contribution is 7.90. The third-order valence-electron chi connectivity index (χ3n) is 4.23. The molecule has 1 aromatic carbocycles. The van der Waals surface area contributed by atoms with Crippen molar-refractivity contribution in [3.63, 3.8) is 0 Å². The molecule has 1 N–H and O–H groups in total. The summed E-state index contributed by atoms with van der Waals surface area (Å²) in [6.45, 7) is 2.58. The van der Waals surface area contributed by atoms with Gasteiger partial charge in [0.05, 0.1) is 4.90 Å². The molecule has 0 atom stereocenters. The van der Waals surface area contributed by atoms with Crippen LogP contribution >= 0.6 is 0 Å². The molecule has 1 aromatic rings. The summed E-state index contributed by atoms with van der Waals surface area (Å²) in [5.41, 5.74) is 0.557. The van der Waals surface area contributed by atoms with E-state index in [0.717, 1.165) is 38.9 Å². The highest BCUT2D eigenvalue weighted by atomic mass is 32.2. The molecule has 0 aromatic heterocycles. The minimum absolute atomic E-state index is 0.00730. The summed E-state index contributed by atoms with van der Waals surface area (Å²) < 4.78 is 22.9. The van der Waals surface area contributed by atoms with E-state index < -0.39 is 9.84 Å². The number of hydrogen-bond donors (Lipinski definition) is 1. The zero-order chi connectivity index (χ0) is 16.2. The first-order valence-electron chi connectivity index (χ1n) is 7.66. The molecular weight excluding hydrogens is 300 g/mol. The second kappa shape index (κ2) is 7.24. The smallest absolute Gasteiger partial charge is 0.253 e. The van der Waals surface area contributed by atoms with Gasteiger partial charge in [-0.25, -0.2) is 8.42 Å². The molecule has 0 saturated carbocycles. The van der Waals surface area contributed by atoms with Crippen LogP contribution in [0.5, 0.6) is 0 Å². The quantitative estimate of drug-likeness (QED) is 0.892. The van der Waals surface area contributed by atoms with Gasteiger partial charge in [0.15, 0.2) is 9.84 Å². The van der Waals surface area contributed by atoms with Crippen LogP contribution < -0.4 is 5.32 Å². The highest BCUT2D eigenvalue weighted by Gasteiger charge is 2.23. The number of rotatable bonds is 5. The predicted octanol–water partition coefficient (Wildman–Crippen LogP) is 1.55. The summed E-state index contributed by atoms with van der Waals surface area (Å²) in [7, 11) is -1.26. The van der Waals surface area contributed by atoms with Gasteiger partial charge in [-0.1, -0.05) is 0 Å². The van der Waals surface area contributed by atoms with E-state index in [1.807, 2.05) is 11.9 Å². The molecule has 22 heavy (non-hydrogen) atoms. The maximum atomic E-state index is 12.4. The van der Waals surface area contributed by atoms with Crippen LogP contribution in [0.15, 0.2) is 29.2 Å². The molecule has 1 saturated heterocycles. The Kier molecular flexibility index (Phi) is 5.58. The minimum Gasteiger partial charge on any atom is -0.339 e. The lowest BCUT2D eigenvalue weighted by Gasteiger charge is -2.32. The van der Waals surface area contributed by atoms with E-state index >= 15 is 0 Å². The van der Waals surface area contributed by atoms with E-state index in [1.165, 1.54) is 18.4 Å². The SMILES string of the molecule is CNCCC1CCN(C(=O)c2ccc(S(C)(=O)=O)cc2)CC1. The van der Waals surface area contributed by atoms with Crippen molar-refractivity contribution >= 4 is 15.7 Å². The number of hydrogen-bond acceptors (Lipinski definition) is 4. The van der Waals surface area contributed by atoms with Crippen molar-refractivity contribution in [3.8, 4) is 0 Å². The molecule has 1 aliphatic heterocycles. The molecule has 0 bridgehead atoms. The lowest BCUT2D eigenvalue weighted by molar-refractivity contribution is 0.0687. The molecular formula is C16H24N2O3S. The van der Waals surface area contributed by atoms with Crippen molar-refractivity contribution in [2.24, 2.45) is 5.92 Å². The van der Waals surface area contributed by atoms with Crippen LogP contribution in [0.3, 0.4) is 0 Å². The van der Waals surface area contributed by atoms with Crippen molar-refractivity contribution in [2.75, 3.05) is 32.9 Å². The molecule has 1 fully saturated rings. The lowest BCUT2D eigenvalue weighted by atomic mass is 9.93. The van der Waals surface area contributed by atoms with E-state index in [2.05, 4.69) is 5.32 Å². The molecule has 2 rings (SSSR count). The number of piperidine rings is 1. The molecule has 1 aliphatic rings. The number of carbonyl (C=O) groups excluding carboxylic acids is 1. The molecule has 0 radical (unpaired) electrons. The fourth-order valence-corrected chi connectivity index (χ4v) is 3.43. The normalized spacial score (nSPS) is 16.7. The molecule has 5 nitrogen and oxygen atoms in total. The Morgan fingerprint density at radius 2 is 1.82 bits per heavy atom. The van der Waals surface area contributed by atoms with Gasteiger partial charge in [0.25, 0.3) is 5.91 Å². The summed E-state index contributed by atoms with van der Waals surface area (Å²) in [6.07, 6.45) is 4.39. The highest BCUT2D eigenvalue weighted by Crippen LogP contribution is 2.22. The van der Waals surface area contributed by atoms with Gasteiger partial charge >= 0.3 is 0 Å². The zero-order valence-corrected chi connectivity index (χ0v) is 14.0. The van der Waals surface area contributed by atoms with Gasteiger partial charge in [0.2, 0.25) is 0 Å². The van der Waals surface area contributed by atoms with Crippen LogP contribution in [-0.2, 0) is 9.84 Å². The van der Waals surface area contributed by atoms with Crippen molar-refractivity contribution in [3.05, 3.63) is 29.8 Å². The van der Waals surface area contributed by atoms with E-state index in [1.54, 1.807) is 12.1 Å². The van der Waals surface area contributed by atoms with Crippen LogP contribution in [0, 0.1) is 5.92 Å². The van der Waals surface area contributed by atoms with Crippen molar-refractivity contribution < 1.29 is 13.2 Å². The van der Waals surface area contributed by atoms with Crippen molar-refractivity contribution in [1.29, 1.82) is 0 Å². The van der Waals surface area contributed by atoms with Crippen LogP contribution in [0.4, 0.5) is 0 Å². The number of benzene rings is 1. The van der Waals surface area contributed by atoms with E-state index in [4.69, 9.17) is 0 Å². The van der Waals surface area contributed by atoms with Crippen LogP contribution in [0.2, 0.25) is 0 Å². The summed E-state index contributed by atoms with van der Waals surface area (Å²) in [4.78, 5) is 14.6. The van der Waals surface area contributed by atoms with Gasteiger partial charge in [0, 0.05) is 24.9 Å². The Morgan fingerprint density at radius 3 is 2.32 bits per heavy atom. The first-order chi connectivity index (χ1) is 10.4. The summed E-state index contributed by atoms with van der Waals surface area (Å²) in [5.74, 6) is 0.677. The molecule has 122 valence electrons. The number of carbonyl (C=O) groups is 1. The van der Waals surface area contributed by atoms with Crippen LogP contribution in [-0.4, -0.2) is 52.2 Å². The van der Waals surface area contributed by atoms with Gasteiger partial charge in [-0.15, -0.1) is 0 Å². The third-order valence-corrected chi connectivity index (χ3v) is 5.36. The zero-order valence-electron chi connectivity index (χ0n) is 13.2. The predicted molar refractivity (Wildman–Crippen MR) is 86.7 cm³/mol. The summed E-state index contributed by atoms with van der Waals surface area (Å²) in [6, 6.07) is 6.21. The first-order valence-corrected chi connectivity index (χ1v) is 9.55. The average molecular weight is 324 g/mol. The van der Waals surface area contributed by atoms with Crippen molar-refractivity contribution in [2.45, 2.75) is 24.2 Å². The lowest BCUT2D eigenvalue weighted by Crippen LogP contribution is -2.38. The second-order valence-corrected chi connectivity index (χ2v) is 7.94. The molecule has 1 amide bonds. The number of nitrogens with one attached hydrogen (secondary N) is 1. The Bertz CT molecular complexity index is 603. The molecule has 1 heterocycles. The third kappa shape index (κ3) is 4.30. The topological polar surface area (TPSA) is 66.5 Å². The second-order valence-electron chi connectivity index (χ2n) is 5.92. The van der Waals surface area contributed by atoms with E-state index in [-0.39, 0.29) is 10.8 Å². The maximum absolute atomic E-state index is 12.4. The fraction of sp³-hybridized carbons (Fsp3) is 0.562. The Labute approximate surface area is 132 Å². The van der Waals surface area contributed by atoms with Gasteiger partial charge in [-0.3, -0.25) is 4.79 Å². The average Bonchev–Trinajstić information content (AvgIpc) is 2.52. The Balaban J connectivity index is 1.95. The summed E-state index contributed by atoms with van der Waals surface area (Å²) in [5, 5.41) is 3.16. The molecule has 6 heteroatoms. The van der Waals surface area contributed by atoms with Crippen LogP contribution in [0.1, 0.15) is 29.6 Å². The van der Waals surface area contributed by atoms with Gasteiger partial charge < -0.3 is 10.2 Å². The van der Waals surface area contributed by atoms with E-state index in [9.17, 15) is 13.2 Å². The number of amides is 1. The largest absolute Gasteiger partial charge is 0.339 e. The first kappa shape index (κ1) is 17.0. The van der Waals surface area contributed by atoms with Crippen molar-refractivity contribution in [1.82, 2.24) is 10.2 Å². The minimum atomic E-state index is -3.22. The molecule has 0 unspecified atom stereocenters. The van der Waals surface area contributed by atoms with E-state index in [0.29, 0.717) is 11.5 Å². The van der Waals surface area contributed by atoms with Gasteiger partial charge in [0.1, 0.15) is 0 Å². The monoisotopic (exact) mass is 324 g/mol. The summed E-state index contributed by atoms with van der Waals surface area (Å²) >= 11 is 0. The standard InChI is InChI=1S/C16H24N2O3S/c1-17-10-7-13-8-11-18(12-9-13)16(19)14-3-5-15(6-4-14)22(2,20)21/h3-6,13,17H,7-12H2,1-2H3. The number of likely N-dealkylation sites (tertiary alicyclic amines) is 1.